The molecular weight excluding hydrogens is 268 g/mol. The first-order valence-corrected chi connectivity index (χ1v) is 5.85. The van der Waals surface area contributed by atoms with E-state index in [1.54, 1.807) is 11.9 Å². The van der Waals surface area contributed by atoms with E-state index in [9.17, 15) is 10.1 Å². The lowest BCUT2D eigenvalue weighted by molar-refractivity contribution is -0.384. The minimum absolute atomic E-state index is 0.0268. The lowest BCUT2D eigenvalue weighted by atomic mass is 10.2. The number of para-hydroxylation sites is 1. The van der Waals surface area contributed by atoms with Crippen LogP contribution in [0.5, 0.6) is 0 Å². The van der Waals surface area contributed by atoms with Crippen LogP contribution >= 0.6 is 11.6 Å². The molecular formula is C12H11ClN4O2. The van der Waals surface area contributed by atoms with Crippen LogP contribution in [-0.2, 0) is 0 Å². The molecule has 0 spiro atoms. The van der Waals surface area contributed by atoms with Gasteiger partial charge in [0.25, 0.3) is 0 Å². The van der Waals surface area contributed by atoms with Gasteiger partial charge < -0.3 is 4.90 Å². The predicted octanol–water partition coefficient (Wildman–Crippen LogP) is 3.11. The van der Waals surface area contributed by atoms with E-state index in [2.05, 4.69) is 9.97 Å². The third-order valence-electron chi connectivity index (χ3n) is 2.71. The molecule has 2 aromatic rings. The summed E-state index contributed by atoms with van der Waals surface area (Å²) in [6.07, 6.45) is 1.11. The second-order valence-electron chi connectivity index (χ2n) is 3.95. The number of hydrogen-bond acceptors (Lipinski definition) is 5. The van der Waals surface area contributed by atoms with E-state index < -0.39 is 4.92 Å². The minimum atomic E-state index is -0.527. The molecule has 7 heteroatoms. The smallest absolute Gasteiger partial charge is 0.323 e. The highest BCUT2D eigenvalue weighted by Gasteiger charge is 2.22. The normalized spacial score (nSPS) is 10.3. The Balaban J connectivity index is 2.55. The second-order valence-corrected chi connectivity index (χ2v) is 4.29. The van der Waals surface area contributed by atoms with Crippen molar-refractivity contribution in [3.63, 3.8) is 0 Å². The third kappa shape index (κ3) is 2.63. The zero-order valence-corrected chi connectivity index (χ0v) is 11.1. The summed E-state index contributed by atoms with van der Waals surface area (Å²) in [4.78, 5) is 19.7. The van der Waals surface area contributed by atoms with Crippen LogP contribution in [0.1, 0.15) is 5.56 Å². The van der Waals surface area contributed by atoms with E-state index in [0.717, 1.165) is 17.4 Å². The summed E-state index contributed by atoms with van der Waals surface area (Å²) in [6.45, 7) is 1.92. The number of anilines is 2. The van der Waals surface area contributed by atoms with Gasteiger partial charge in [-0.15, -0.1) is 0 Å². The van der Waals surface area contributed by atoms with E-state index in [-0.39, 0.29) is 16.8 Å². The van der Waals surface area contributed by atoms with Gasteiger partial charge in [-0.25, -0.2) is 4.98 Å². The molecule has 0 saturated heterocycles. The second kappa shape index (κ2) is 5.19. The predicted molar refractivity (Wildman–Crippen MR) is 72.9 cm³/mol. The van der Waals surface area contributed by atoms with E-state index in [0.29, 0.717) is 0 Å². The standard InChI is InChI=1S/C12H11ClN4O2/c1-8-5-3-4-6-9(8)16(2)11-10(17(18)19)7-14-12(13)15-11/h3-7H,1-2H3. The summed E-state index contributed by atoms with van der Waals surface area (Å²) in [5, 5.41) is 11.0. The van der Waals surface area contributed by atoms with Crippen molar-refractivity contribution >= 4 is 28.8 Å². The van der Waals surface area contributed by atoms with Gasteiger partial charge in [0.2, 0.25) is 11.1 Å². The van der Waals surface area contributed by atoms with Gasteiger partial charge in [-0.3, -0.25) is 10.1 Å². The fourth-order valence-electron chi connectivity index (χ4n) is 1.78. The molecule has 0 aliphatic rings. The van der Waals surface area contributed by atoms with Gasteiger partial charge in [0.1, 0.15) is 6.20 Å². The Labute approximate surface area is 114 Å². The summed E-state index contributed by atoms with van der Waals surface area (Å²) in [5.74, 6) is 0.166. The molecule has 0 saturated carbocycles. The van der Waals surface area contributed by atoms with Gasteiger partial charge in [-0.2, -0.15) is 4.98 Å². The maximum atomic E-state index is 11.0. The van der Waals surface area contributed by atoms with E-state index in [1.807, 2.05) is 31.2 Å². The Kier molecular flexibility index (Phi) is 3.62. The molecule has 1 aromatic heterocycles. The van der Waals surface area contributed by atoms with Crippen molar-refractivity contribution in [3.05, 3.63) is 51.4 Å². The molecule has 0 amide bonds. The Morgan fingerprint density at radius 3 is 2.68 bits per heavy atom. The fraction of sp³-hybridized carbons (Fsp3) is 0.167. The zero-order valence-electron chi connectivity index (χ0n) is 10.4. The summed E-state index contributed by atoms with van der Waals surface area (Å²) in [7, 11) is 1.70. The topological polar surface area (TPSA) is 72.2 Å². The first kappa shape index (κ1) is 13.2. The first-order valence-electron chi connectivity index (χ1n) is 5.47. The van der Waals surface area contributed by atoms with Gasteiger partial charge in [0.15, 0.2) is 0 Å². The van der Waals surface area contributed by atoms with Crippen LogP contribution in [0.2, 0.25) is 5.28 Å². The molecule has 0 fully saturated rings. The summed E-state index contributed by atoms with van der Waals surface area (Å²) >= 11 is 5.72. The molecule has 1 heterocycles. The van der Waals surface area contributed by atoms with E-state index >= 15 is 0 Å². The van der Waals surface area contributed by atoms with Crippen molar-refractivity contribution in [3.8, 4) is 0 Å². The average molecular weight is 279 g/mol. The number of aryl methyl sites for hydroxylation is 1. The third-order valence-corrected chi connectivity index (χ3v) is 2.89. The highest BCUT2D eigenvalue weighted by molar-refractivity contribution is 6.28. The number of aromatic nitrogens is 2. The van der Waals surface area contributed by atoms with Crippen molar-refractivity contribution < 1.29 is 4.92 Å². The lowest BCUT2D eigenvalue weighted by Crippen LogP contribution is -2.15. The minimum Gasteiger partial charge on any atom is -0.323 e. The Bertz CT molecular complexity index is 633. The lowest BCUT2D eigenvalue weighted by Gasteiger charge is -2.19. The quantitative estimate of drug-likeness (QED) is 0.490. The fourth-order valence-corrected chi connectivity index (χ4v) is 1.90. The van der Waals surface area contributed by atoms with Gasteiger partial charge in [-0.05, 0) is 30.2 Å². The highest BCUT2D eigenvalue weighted by Crippen LogP contribution is 2.32. The SMILES string of the molecule is Cc1ccccc1N(C)c1nc(Cl)ncc1[N+](=O)[O-]. The molecule has 0 aliphatic carbocycles. The Hall–Kier alpha value is -2.21. The number of nitro groups is 1. The number of nitrogens with zero attached hydrogens (tertiary/aromatic N) is 4. The number of hydrogen-bond donors (Lipinski definition) is 0. The Morgan fingerprint density at radius 1 is 1.37 bits per heavy atom. The Morgan fingerprint density at radius 2 is 2.05 bits per heavy atom. The average Bonchev–Trinajstić information content (AvgIpc) is 2.38. The van der Waals surface area contributed by atoms with Crippen molar-refractivity contribution in [2.45, 2.75) is 6.92 Å². The molecule has 0 N–H and O–H groups in total. The first-order chi connectivity index (χ1) is 9.00. The van der Waals surface area contributed by atoms with Crippen LogP contribution in [0.3, 0.4) is 0 Å². The molecule has 0 atom stereocenters. The van der Waals surface area contributed by atoms with Crippen molar-refractivity contribution in [2.24, 2.45) is 0 Å². The van der Waals surface area contributed by atoms with Gasteiger partial charge >= 0.3 is 5.69 Å². The van der Waals surface area contributed by atoms with Gasteiger partial charge in [0, 0.05) is 12.7 Å². The van der Waals surface area contributed by atoms with Crippen molar-refractivity contribution in [1.29, 1.82) is 0 Å². The number of halogens is 1. The van der Waals surface area contributed by atoms with E-state index in [4.69, 9.17) is 11.6 Å². The molecule has 0 bridgehead atoms. The highest BCUT2D eigenvalue weighted by atomic mass is 35.5. The molecule has 2 rings (SSSR count). The molecule has 1 aromatic carbocycles. The zero-order chi connectivity index (χ0) is 14.0. The summed E-state index contributed by atoms with van der Waals surface area (Å²) in [6, 6.07) is 7.52. The molecule has 0 aliphatic heterocycles. The van der Waals surface area contributed by atoms with Crippen LogP contribution in [0.4, 0.5) is 17.2 Å². The maximum absolute atomic E-state index is 11.0. The van der Waals surface area contributed by atoms with E-state index in [1.165, 1.54) is 0 Å². The molecule has 19 heavy (non-hydrogen) atoms. The monoisotopic (exact) mass is 278 g/mol. The molecule has 0 unspecified atom stereocenters. The van der Waals surface area contributed by atoms with Crippen LogP contribution in [0, 0.1) is 17.0 Å². The van der Waals surface area contributed by atoms with Crippen molar-refractivity contribution in [1.82, 2.24) is 9.97 Å². The van der Waals surface area contributed by atoms with Crippen LogP contribution in [0.15, 0.2) is 30.5 Å². The summed E-state index contributed by atoms with van der Waals surface area (Å²) in [5.41, 5.74) is 1.62. The van der Waals surface area contributed by atoms with Gasteiger partial charge in [0.05, 0.1) is 4.92 Å². The van der Waals surface area contributed by atoms with Crippen LogP contribution in [-0.4, -0.2) is 21.9 Å². The van der Waals surface area contributed by atoms with Crippen LogP contribution < -0.4 is 4.90 Å². The number of benzene rings is 1. The van der Waals surface area contributed by atoms with Crippen molar-refractivity contribution in [2.75, 3.05) is 11.9 Å². The van der Waals surface area contributed by atoms with Gasteiger partial charge in [-0.1, -0.05) is 18.2 Å². The molecule has 6 nitrogen and oxygen atoms in total. The molecule has 0 radical (unpaired) electrons. The number of rotatable bonds is 3. The summed E-state index contributed by atoms with van der Waals surface area (Å²) < 4.78 is 0. The maximum Gasteiger partial charge on any atom is 0.330 e. The molecule has 98 valence electrons. The van der Waals surface area contributed by atoms with Crippen LogP contribution in [0.25, 0.3) is 0 Å². The largest absolute Gasteiger partial charge is 0.330 e.